The van der Waals surface area contributed by atoms with Gasteiger partial charge in [0, 0.05) is 6.42 Å². The Morgan fingerprint density at radius 2 is 1.41 bits per heavy atom. The first-order chi connectivity index (χ1) is 14.9. The van der Waals surface area contributed by atoms with Gasteiger partial charge in [-0.2, -0.15) is 0 Å². The van der Waals surface area contributed by atoms with E-state index in [4.69, 9.17) is 10.8 Å². The van der Waals surface area contributed by atoms with Gasteiger partial charge < -0.3 is 31.9 Å². The van der Waals surface area contributed by atoms with Crippen molar-refractivity contribution >= 4 is 29.7 Å². The topological polar surface area (TPSA) is 188 Å². The van der Waals surface area contributed by atoms with E-state index in [1.165, 1.54) is 6.92 Å². The number of nitrogens with one attached hydrogen (secondary N) is 3. The van der Waals surface area contributed by atoms with Crippen LogP contribution in [-0.4, -0.2) is 64.0 Å². The van der Waals surface area contributed by atoms with E-state index in [0.29, 0.717) is 5.56 Å². The quantitative estimate of drug-likeness (QED) is 0.240. The van der Waals surface area contributed by atoms with Gasteiger partial charge in [0.1, 0.15) is 18.1 Å². The Morgan fingerprint density at radius 3 is 1.91 bits per heavy atom. The molecule has 11 heteroatoms. The van der Waals surface area contributed by atoms with E-state index in [-0.39, 0.29) is 12.3 Å². The molecule has 0 saturated heterocycles. The molecule has 1 aromatic carbocycles. The van der Waals surface area contributed by atoms with Crippen molar-refractivity contribution in [3.8, 4) is 0 Å². The third-order valence-electron chi connectivity index (χ3n) is 4.68. The Kier molecular flexibility index (Phi) is 10.3. The number of hydrogen-bond acceptors (Lipinski definition) is 6. The number of aliphatic carboxylic acids is 2. The fraction of sp³-hybridized carbons (Fsp3) is 0.476. The van der Waals surface area contributed by atoms with Crippen LogP contribution in [-0.2, 0) is 30.4 Å². The Labute approximate surface area is 185 Å². The van der Waals surface area contributed by atoms with Gasteiger partial charge in [-0.3, -0.25) is 19.2 Å². The summed E-state index contributed by atoms with van der Waals surface area (Å²) >= 11 is 0. The molecule has 176 valence electrons. The lowest BCUT2D eigenvalue weighted by atomic mass is 10.0. The molecule has 32 heavy (non-hydrogen) atoms. The predicted octanol–water partition coefficient (Wildman–Crippen LogP) is -0.754. The van der Waals surface area contributed by atoms with Gasteiger partial charge in [0.15, 0.2) is 0 Å². The molecule has 0 aromatic heterocycles. The number of amides is 3. The highest BCUT2D eigenvalue weighted by atomic mass is 16.4. The molecular formula is C21H30N4O7. The third kappa shape index (κ3) is 8.72. The van der Waals surface area contributed by atoms with Crippen molar-refractivity contribution in [3.05, 3.63) is 35.9 Å². The highest BCUT2D eigenvalue weighted by molar-refractivity contribution is 5.95. The van der Waals surface area contributed by atoms with Gasteiger partial charge in [0.05, 0.1) is 12.5 Å². The average molecular weight is 450 g/mol. The van der Waals surface area contributed by atoms with Gasteiger partial charge in [-0.05, 0) is 18.4 Å². The average Bonchev–Trinajstić information content (AvgIpc) is 2.72. The Balaban J connectivity index is 2.85. The standard InChI is InChI=1S/C21H30N4O7/c1-11(2)17(22)20(30)23-12(3)18(28)24-14(10-16(26)27)19(29)25-15(21(31)32)9-13-7-5-4-6-8-13/h4-8,11-12,14-15,17H,9-10,22H2,1-3H3,(H,23,30)(H,24,28)(H,25,29)(H,26,27)(H,31,32). The molecule has 4 atom stereocenters. The van der Waals surface area contributed by atoms with Gasteiger partial charge in [-0.25, -0.2) is 4.79 Å². The van der Waals surface area contributed by atoms with E-state index >= 15 is 0 Å². The zero-order valence-electron chi connectivity index (χ0n) is 18.2. The monoisotopic (exact) mass is 450 g/mol. The first-order valence-corrected chi connectivity index (χ1v) is 10.1. The van der Waals surface area contributed by atoms with Crippen LogP contribution in [0, 0.1) is 5.92 Å². The second-order valence-electron chi connectivity index (χ2n) is 7.75. The molecule has 0 fully saturated rings. The summed E-state index contributed by atoms with van der Waals surface area (Å²) < 4.78 is 0. The molecule has 0 heterocycles. The van der Waals surface area contributed by atoms with Gasteiger partial charge in [0.25, 0.3) is 0 Å². The summed E-state index contributed by atoms with van der Waals surface area (Å²) in [6, 6.07) is 3.72. The second-order valence-corrected chi connectivity index (χ2v) is 7.75. The minimum Gasteiger partial charge on any atom is -0.481 e. The SMILES string of the molecule is CC(NC(=O)C(N)C(C)C)C(=O)NC(CC(=O)O)C(=O)NC(Cc1ccccc1)C(=O)O. The van der Waals surface area contributed by atoms with Crippen LogP contribution < -0.4 is 21.7 Å². The molecule has 4 unspecified atom stereocenters. The number of carboxylic acids is 2. The van der Waals surface area contributed by atoms with Crippen LogP contribution in [0.25, 0.3) is 0 Å². The number of carboxylic acid groups (broad SMARTS) is 2. The summed E-state index contributed by atoms with van der Waals surface area (Å²) in [4.78, 5) is 59.8. The Morgan fingerprint density at radius 1 is 0.844 bits per heavy atom. The first-order valence-electron chi connectivity index (χ1n) is 10.1. The van der Waals surface area contributed by atoms with Crippen LogP contribution in [0.5, 0.6) is 0 Å². The van der Waals surface area contributed by atoms with Gasteiger partial charge >= 0.3 is 11.9 Å². The van der Waals surface area contributed by atoms with E-state index in [1.807, 2.05) is 0 Å². The molecule has 3 amide bonds. The van der Waals surface area contributed by atoms with Crippen molar-refractivity contribution in [2.75, 3.05) is 0 Å². The molecule has 0 aliphatic heterocycles. The summed E-state index contributed by atoms with van der Waals surface area (Å²) in [6.45, 7) is 4.82. The van der Waals surface area contributed by atoms with E-state index in [2.05, 4.69) is 16.0 Å². The lowest BCUT2D eigenvalue weighted by Gasteiger charge is -2.23. The third-order valence-corrected chi connectivity index (χ3v) is 4.68. The van der Waals surface area contributed by atoms with Crippen LogP contribution in [0.2, 0.25) is 0 Å². The van der Waals surface area contributed by atoms with Gasteiger partial charge in [-0.1, -0.05) is 44.2 Å². The smallest absolute Gasteiger partial charge is 0.326 e. The number of carbonyl (C=O) groups is 5. The molecule has 0 aliphatic rings. The van der Waals surface area contributed by atoms with Crippen molar-refractivity contribution in [1.29, 1.82) is 0 Å². The number of nitrogens with two attached hydrogens (primary N) is 1. The van der Waals surface area contributed by atoms with Crippen molar-refractivity contribution in [3.63, 3.8) is 0 Å². The summed E-state index contributed by atoms with van der Waals surface area (Å²) in [5, 5.41) is 25.5. The molecule has 1 aromatic rings. The van der Waals surface area contributed by atoms with Gasteiger partial charge in [0.2, 0.25) is 17.7 Å². The molecule has 1 rings (SSSR count). The fourth-order valence-electron chi connectivity index (χ4n) is 2.68. The maximum absolute atomic E-state index is 12.6. The highest BCUT2D eigenvalue weighted by Crippen LogP contribution is 2.05. The largest absolute Gasteiger partial charge is 0.481 e. The lowest BCUT2D eigenvalue weighted by Crippen LogP contribution is -2.57. The highest BCUT2D eigenvalue weighted by Gasteiger charge is 2.30. The molecule has 0 aliphatic carbocycles. The Hall–Kier alpha value is -3.47. The van der Waals surface area contributed by atoms with E-state index in [9.17, 15) is 29.1 Å². The van der Waals surface area contributed by atoms with Crippen LogP contribution in [0.3, 0.4) is 0 Å². The summed E-state index contributed by atoms with van der Waals surface area (Å²) in [7, 11) is 0. The van der Waals surface area contributed by atoms with E-state index in [1.54, 1.807) is 44.2 Å². The zero-order chi connectivity index (χ0) is 24.4. The lowest BCUT2D eigenvalue weighted by molar-refractivity contribution is -0.143. The second kappa shape index (κ2) is 12.4. The number of hydrogen-bond donors (Lipinski definition) is 6. The molecule has 0 spiro atoms. The van der Waals surface area contributed by atoms with Crippen molar-refractivity contribution in [1.82, 2.24) is 16.0 Å². The Bertz CT molecular complexity index is 829. The number of benzene rings is 1. The van der Waals surface area contributed by atoms with Crippen molar-refractivity contribution in [2.45, 2.75) is 57.8 Å². The minimum absolute atomic E-state index is 0.0325. The predicted molar refractivity (Wildman–Crippen MR) is 114 cm³/mol. The number of carbonyl (C=O) groups excluding carboxylic acids is 3. The molecule has 0 radical (unpaired) electrons. The van der Waals surface area contributed by atoms with Gasteiger partial charge in [-0.15, -0.1) is 0 Å². The van der Waals surface area contributed by atoms with Crippen molar-refractivity contribution < 1.29 is 34.2 Å². The maximum atomic E-state index is 12.6. The summed E-state index contributed by atoms with van der Waals surface area (Å²) in [5.41, 5.74) is 6.38. The van der Waals surface area contributed by atoms with E-state index < -0.39 is 60.2 Å². The van der Waals surface area contributed by atoms with E-state index in [0.717, 1.165) is 0 Å². The van der Waals surface area contributed by atoms with Crippen LogP contribution in [0.15, 0.2) is 30.3 Å². The number of rotatable bonds is 12. The summed E-state index contributed by atoms with van der Waals surface area (Å²) in [5.74, 6) is -5.22. The zero-order valence-corrected chi connectivity index (χ0v) is 18.2. The molecule has 0 bridgehead atoms. The first kappa shape index (κ1) is 26.6. The molecule has 11 nitrogen and oxygen atoms in total. The normalized spacial score (nSPS) is 14.5. The fourth-order valence-corrected chi connectivity index (χ4v) is 2.68. The van der Waals surface area contributed by atoms with Crippen molar-refractivity contribution in [2.24, 2.45) is 11.7 Å². The summed E-state index contributed by atoms with van der Waals surface area (Å²) in [6.07, 6.45) is -0.809. The van der Waals surface area contributed by atoms with Crippen LogP contribution >= 0.6 is 0 Å². The minimum atomic E-state index is -1.55. The molecule has 0 saturated carbocycles. The van der Waals surface area contributed by atoms with Crippen LogP contribution in [0.4, 0.5) is 0 Å². The van der Waals surface area contributed by atoms with Crippen LogP contribution in [0.1, 0.15) is 32.8 Å². The maximum Gasteiger partial charge on any atom is 0.326 e. The molecule has 7 N–H and O–H groups in total. The molecular weight excluding hydrogens is 420 g/mol.